The molecule has 0 heterocycles. The molecule has 5 nitrogen and oxygen atoms in total. The lowest BCUT2D eigenvalue weighted by molar-refractivity contribution is 0.188. The fourth-order valence-electron chi connectivity index (χ4n) is 5.35. The van der Waals surface area contributed by atoms with Gasteiger partial charge in [0.25, 0.3) is 0 Å². The lowest BCUT2D eigenvalue weighted by Gasteiger charge is -2.31. The van der Waals surface area contributed by atoms with Gasteiger partial charge in [0, 0.05) is 10.8 Å². The quantitative estimate of drug-likeness (QED) is 0.505. The van der Waals surface area contributed by atoms with Gasteiger partial charge in [-0.3, -0.25) is 0 Å². The van der Waals surface area contributed by atoms with Gasteiger partial charge in [-0.2, -0.15) is 0 Å². The largest absolute Gasteiger partial charge is 0.504 e. The van der Waals surface area contributed by atoms with Crippen LogP contribution in [0.25, 0.3) is 0 Å². The Morgan fingerprint density at radius 2 is 1.12 bits per heavy atom. The van der Waals surface area contributed by atoms with E-state index < -0.39 is 10.8 Å². The van der Waals surface area contributed by atoms with Crippen LogP contribution in [0, 0.1) is 0 Å². The van der Waals surface area contributed by atoms with Crippen molar-refractivity contribution in [3.05, 3.63) is 46.5 Å². The van der Waals surface area contributed by atoms with Crippen LogP contribution in [0.5, 0.6) is 23.0 Å². The Balaban J connectivity index is 2.07. The molecule has 1 spiro atoms. The van der Waals surface area contributed by atoms with Crippen LogP contribution in [0.1, 0.15) is 55.9 Å². The fraction of sp³-hybridized carbons (Fsp3) is 0.429. The molecule has 0 aliphatic heterocycles. The maximum atomic E-state index is 10.1. The normalized spacial score (nSPS) is 28.3. The molecule has 2 atom stereocenters. The van der Waals surface area contributed by atoms with Crippen LogP contribution in [0.2, 0.25) is 0 Å². The molecule has 26 heavy (non-hydrogen) atoms. The Morgan fingerprint density at radius 3 is 1.62 bits per heavy atom. The molecule has 5 N–H and O–H groups in total. The fourth-order valence-corrected chi connectivity index (χ4v) is 5.35. The summed E-state index contributed by atoms with van der Waals surface area (Å²) in [6.45, 7) is 6.03. The maximum absolute atomic E-state index is 10.1. The standard InChI is InChI=1S/C21H24O5/c1-19(2)8-21(13-6-17(25)15(23)4-11(13)19)9-20(3,10-22)12-5-16(24)18(26)7-14(12)21/h4-7,22-26H,8-10H2,1-3H3. The van der Waals surface area contributed by atoms with E-state index in [1.54, 1.807) is 24.3 Å². The zero-order valence-electron chi connectivity index (χ0n) is 15.2. The van der Waals surface area contributed by atoms with E-state index in [1.807, 2.05) is 6.92 Å². The zero-order chi connectivity index (χ0) is 19.1. The minimum Gasteiger partial charge on any atom is -0.504 e. The van der Waals surface area contributed by atoms with Crippen molar-refractivity contribution < 1.29 is 25.5 Å². The van der Waals surface area contributed by atoms with Crippen LogP contribution in [0.4, 0.5) is 0 Å². The van der Waals surface area contributed by atoms with Gasteiger partial charge in [0.05, 0.1) is 6.61 Å². The molecule has 0 radical (unpaired) electrons. The van der Waals surface area contributed by atoms with Gasteiger partial charge in [0.2, 0.25) is 0 Å². The third kappa shape index (κ3) is 1.95. The Morgan fingerprint density at radius 1 is 0.692 bits per heavy atom. The van der Waals surface area contributed by atoms with Gasteiger partial charge >= 0.3 is 0 Å². The topological polar surface area (TPSA) is 101 Å². The second kappa shape index (κ2) is 4.86. The number of aromatic hydroxyl groups is 4. The highest BCUT2D eigenvalue weighted by atomic mass is 16.3. The molecule has 2 aliphatic carbocycles. The number of hydrogen-bond acceptors (Lipinski definition) is 5. The third-order valence-corrected chi connectivity index (χ3v) is 6.42. The molecule has 2 aromatic carbocycles. The van der Waals surface area contributed by atoms with E-state index in [0.717, 1.165) is 22.3 Å². The molecule has 0 saturated carbocycles. The van der Waals surface area contributed by atoms with Gasteiger partial charge in [-0.1, -0.05) is 20.8 Å². The Hall–Kier alpha value is -2.40. The monoisotopic (exact) mass is 356 g/mol. The van der Waals surface area contributed by atoms with Crippen molar-refractivity contribution >= 4 is 0 Å². The average Bonchev–Trinajstić information content (AvgIpc) is 2.91. The summed E-state index contributed by atoms with van der Waals surface area (Å²) in [5.74, 6) is -0.723. The van der Waals surface area contributed by atoms with Crippen molar-refractivity contribution in [1.82, 2.24) is 0 Å². The van der Waals surface area contributed by atoms with Crippen LogP contribution in [0.3, 0.4) is 0 Å². The second-order valence-corrected chi connectivity index (χ2v) is 8.81. The number of hydrogen-bond donors (Lipinski definition) is 5. The van der Waals surface area contributed by atoms with Crippen molar-refractivity contribution in [2.45, 2.75) is 49.9 Å². The second-order valence-electron chi connectivity index (χ2n) is 8.81. The first-order valence-corrected chi connectivity index (χ1v) is 8.79. The van der Waals surface area contributed by atoms with Crippen molar-refractivity contribution in [3.63, 3.8) is 0 Å². The van der Waals surface area contributed by atoms with Crippen molar-refractivity contribution in [1.29, 1.82) is 0 Å². The number of fused-ring (bicyclic) bond motifs is 4. The molecule has 2 unspecified atom stereocenters. The molecule has 0 amide bonds. The molecule has 2 aliphatic rings. The minimum atomic E-state index is -0.578. The molecule has 5 heteroatoms. The Kier molecular flexibility index (Phi) is 3.18. The summed E-state index contributed by atoms with van der Waals surface area (Å²) in [4.78, 5) is 0. The molecular formula is C21H24O5. The highest BCUT2D eigenvalue weighted by Gasteiger charge is 2.57. The van der Waals surface area contributed by atoms with Gasteiger partial charge in [-0.25, -0.2) is 0 Å². The molecule has 0 fully saturated rings. The highest BCUT2D eigenvalue weighted by molar-refractivity contribution is 5.65. The minimum absolute atomic E-state index is 0.0915. The third-order valence-electron chi connectivity index (χ3n) is 6.42. The van der Waals surface area contributed by atoms with Gasteiger partial charge < -0.3 is 25.5 Å². The smallest absolute Gasteiger partial charge is 0.157 e. The van der Waals surface area contributed by atoms with Crippen LogP contribution in [0.15, 0.2) is 24.3 Å². The number of benzene rings is 2. The zero-order valence-corrected chi connectivity index (χ0v) is 15.2. The lowest BCUT2D eigenvalue weighted by atomic mass is 9.72. The first-order valence-electron chi connectivity index (χ1n) is 8.79. The predicted molar refractivity (Wildman–Crippen MR) is 97.0 cm³/mol. The molecule has 0 aromatic heterocycles. The van der Waals surface area contributed by atoms with E-state index in [2.05, 4.69) is 13.8 Å². The van der Waals surface area contributed by atoms with Crippen molar-refractivity contribution in [2.24, 2.45) is 0 Å². The van der Waals surface area contributed by atoms with E-state index >= 15 is 0 Å². The lowest BCUT2D eigenvalue weighted by Crippen LogP contribution is -2.30. The SMILES string of the molecule is CC1(C)CC2(CC(C)(CO)c3cc(O)c(O)cc32)c2cc(O)c(O)cc21. The molecule has 2 aromatic rings. The molecule has 0 saturated heterocycles. The maximum Gasteiger partial charge on any atom is 0.157 e. The first kappa shape index (κ1) is 17.0. The summed E-state index contributed by atoms with van der Waals surface area (Å²) in [6.07, 6.45) is 1.31. The average molecular weight is 356 g/mol. The van der Waals surface area contributed by atoms with Gasteiger partial charge in [0.1, 0.15) is 0 Å². The summed E-state index contributed by atoms with van der Waals surface area (Å²) in [5, 5.41) is 50.4. The number of phenolic OH excluding ortho intramolecular Hbond substituents is 4. The van der Waals surface area contributed by atoms with E-state index in [0.29, 0.717) is 12.8 Å². The van der Waals surface area contributed by atoms with Crippen molar-refractivity contribution in [2.75, 3.05) is 6.61 Å². The highest BCUT2D eigenvalue weighted by Crippen LogP contribution is 2.64. The molecule has 0 bridgehead atoms. The van der Waals surface area contributed by atoms with Crippen molar-refractivity contribution in [3.8, 4) is 23.0 Å². The van der Waals surface area contributed by atoms with Gasteiger partial charge in [-0.05, 0) is 64.8 Å². The van der Waals surface area contributed by atoms with Crippen LogP contribution >= 0.6 is 0 Å². The van der Waals surface area contributed by atoms with Gasteiger partial charge in [0.15, 0.2) is 23.0 Å². The van der Waals surface area contributed by atoms with Crippen LogP contribution in [-0.4, -0.2) is 32.1 Å². The number of phenols is 4. The van der Waals surface area contributed by atoms with E-state index in [9.17, 15) is 25.5 Å². The van der Waals surface area contributed by atoms with Gasteiger partial charge in [-0.15, -0.1) is 0 Å². The summed E-state index contributed by atoms with van der Waals surface area (Å²) in [7, 11) is 0. The predicted octanol–water partition coefficient (Wildman–Crippen LogP) is 3.13. The van der Waals surface area contributed by atoms with E-state index in [-0.39, 0.29) is 35.0 Å². The molecule has 4 rings (SSSR count). The summed E-state index contributed by atoms with van der Waals surface area (Å²) in [6, 6.07) is 6.35. The first-order chi connectivity index (χ1) is 12.0. The number of aliphatic hydroxyl groups excluding tert-OH is 1. The molecular weight excluding hydrogens is 332 g/mol. The molecule has 138 valence electrons. The van der Waals surface area contributed by atoms with E-state index in [1.165, 1.54) is 0 Å². The summed E-state index contributed by atoms with van der Waals surface area (Å²) in [5.41, 5.74) is 2.18. The summed E-state index contributed by atoms with van der Waals surface area (Å²) >= 11 is 0. The number of rotatable bonds is 1. The Labute approximate surface area is 152 Å². The summed E-state index contributed by atoms with van der Waals surface area (Å²) < 4.78 is 0. The van der Waals surface area contributed by atoms with Crippen LogP contribution < -0.4 is 0 Å². The van der Waals surface area contributed by atoms with Crippen LogP contribution in [-0.2, 0) is 16.2 Å². The Bertz CT molecular complexity index is 932. The number of aliphatic hydroxyl groups is 1. The van der Waals surface area contributed by atoms with E-state index in [4.69, 9.17) is 0 Å².